The lowest BCUT2D eigenvalue weighted by Gasteiger charge is -2.25. The predicted octanol–water partition coefficient (Wildman–Crippen LogP) is 5.49. The van der Waals surface area contributed by atoms with Crippen LogP contribution in [0.2, 0.25) is 15.1 Å². The molecule has 0 aliphatic carbocycles. The molecule has 162 valence electrons. The molecule has 1 N–H and O–H groups in total. The number of methoxy groups -OCH3 is 1. The van der Waals surface area contributed by atoms with Crippen LogP contribution in [0.5, 0.6) is 5.75 Å². The number of halogens is 3. The maximum atomic E-state index is 13.5. The number of ether oxygens (including phenoxy) is 1. The van der Waals surface area contributed by atoms with Crippen LogP contribution in [0.15, 0.2) is 71.6 Å². The normalized spacial score (nSPS) is 11.1. The van der Waals surface area contributed by atoms with Crippen molar-refractivity contribution in [1.29, 1.82) is 0 Å². The first-order chi connectivity index (χ1) is 14.7. The Morgan fingerprint density at radius 2 is 1.65 bits per heavy atom. The van der Waals surface area contributed by atoms with Gasteiger partial charge in [0.25, 0.3) is 10.0 Å². The van der Waals surface area contributed by atoms with Gasteiger partial charge in [0.1, 0.15) is 17.2 Å². The molecular weight excluding hydrogens is 483 g/mol. The van der Waals surface area contributed by atoms with Crippen molar-refractivity contribution in [2.24, 2.45) is 0 Å². The number of carbonyl (C=O) groups is 1. The molecule has 3 aromatic carbocycles. The van der Waals surface area contributed by atoms with Gasteiger partial charge < -0.3 is 10.1 Å². The number of nitrogens with one attached hydrogen (secondary N) is 1. The zero-order valence-corrected chi connectivity index (χ0v) is 19.3. The van der Waals surface area contributed by atoms with Crippen molar-refractivity contribution in [3.63, 3.8) is 0 Å². The second kappa shape index (κ2) is 9.78. The van der Waals surface area contributed by atoms with Gasteiger partial charge in [-0.3, -0.25) is 9.10 Å². The summed E-state index contributed by atoms with van der Waals surface area (Å²) in [7, 11) is -2.75. The lowest BCUT2D eigenvalue weighted by atomic mass is 10.3. The van der Waals surface area contributed by atoms with E-state index >= 15 is 0 Å². The molecule has 6 nitrogen and oxygen atoms in total. The van der Waals surface area contributed by atoms with Gasteiger partial charge in [-0.1, -0.05) is 46.9 Å². The van der Waals surface area contributed by atoms with E-state index in [1.165, 1.54) is 37.4 Å². The molecule has 1 amide bonds. The van der Waals surface area contributed by atoms with Crippen molar-refractivity contribution in [3.8, 4) is 5.75 Å². The molecular formula is C21H17Cl3N2O4S. The van der Waals surface area contributed by atoms with Crippen molar-refractivity contribution >= 4 is 62.1 Å². The fraction of sp³-hybridized carbons (Fsp3) is 0.0952. The molecule has 0 heterocycles. The van der Waals surface area contributed by atoms with E-state index in [4.69, 9.17) is 39.5 Å². The SMILES string of the molecule is COc1ccc(NC(=O)CN(c2ccccc2Cl)S(=O)(=O)c2cc(Cl)ccc2Cl)cc1. The molecule has 0 radical (unpaired) electrons. The minimum absolute atomic E-state index is 0.0305. The number of anilines is 2. The lowest BCUT2D eigenvalue weighted by molar-refractivity contribution is -0.114. The summed E-state index contributed by atoms with van der Waals surface area (Å²) < 4.78 is 32.9. The number of nitrogens with zero attached hydrogens (tertiary/aromatic N) is 1. The third-order valence-electron chi connectivity index (χ3n) is 4.24. The van der Waals surface area contributed by atoms with Gasteiger partial charge in [-0.2, -0.15) is 0 Å². The molecule has 3 rings (SSSR count). The highest BCUT2D eigenvalue weighted by atomic mass is 35.5. The minimum Gasteiger partial charge on any atom is -0.497 e. The summed E-state index contributed by atoms with van der Waals surface area (Å²) >= 11 is 18.4. The molecule has 0 aliphatic rings. The molecule has 0 saturated heterocycles. The summed E-state index contributed by atoms with van der Waals surface area (Å²) in [5.74, 6) is 0.0423. The van der Waals surface area contributed by atoms with Crippen LogP contribution in [0.1, 0.15) is 0 Å². The Morgan fingerprint density at radius 1 is 0.968 bits per heavy atom. The molecule has 0 fully saturated rings. The second-order valence-corrected chi connectivity index (χ2v) is 9.40. The van der Waals surface area contributed by atoms with E-state index in [1.54, 1.807) is 36.4 Å². The molecule has 0 aliphatic heterocycles. The molecule has 0 aromatic heterocycles. The van der Waals surface area contributed by atoms with Crippen LogP contribution in [-0.2, 0) is 14.8 Å². The quantitative estimate of drug-likeness (QED) is 0.466. The number of para-hydroxylation sites is 1. The largest absolute Gasteiger partial charge is 0.497 e. The van der Waals surface area contributed by atoms with Gasteiger partial charge in [-0.05, 0) is 54.6 Å². The molecule has 3 aromatic rings. The van der Waals surface area contributed by atoms with Crippen LogP contribution in [0, 0.1) is 0 Å². The molecule has 31 heavy (non-hydrogen) atoms. The summed E-state index contributed by atoms with van der Waals surface area (Å²) in [4.78, 5) is 12.5. The maximum Gasteiger partial charge on any atom is 0.266 e. The van der Waals surface area contributed by atoms with E-state index in [-0.39, 0.29) is 25.7 Å². The fourth-order valence-electron chi connectivity index (χ4n) is 2.75. The fourth-order valence-corrected chi connectivity index (χ4v) is 5.22. The van der Waals surface area contributed by atoms with Gasteiger partial charge in [-0.25, -0.2) is 8.42 Å². The van der Waals surface area contributed by atoms with E-state index in [9.17, 15) is 13.2 Å². The van der Waals surface area contributed by atoms with E-state index in [0.717, 1.165) is 4.31 Å². The third kappa shape index (κ3) is 5.43. The topological polar surface area (TPSA) is 75.7 Å². The molecule has 0 atom stereocenters. The molecule has 0 unspecified atom stereocenters. The minimum atomic E-state index is -4.28. The van der Waals surface area contributed by atoms with Crippen molar-refractivity contribution < 1.29 is 17.9 Å². The summed E-state index contributed by atoms with van der Waals surface area (Å²) in [6.07, 6.45) is 0. The first-order valence-electron chi connectivity index (χ1n) is 8.88. The van der Waals surface area contributed by atoms with Gasteiger partial charge in [0.15, 0.2) is 0 Å². The maximum absolute atomic E-state index is 13.5. The van der Waals surface area contributed by atoms with Crippen LogP contribution in [0.4, 0.5) is 11.4 Å². The van der Waals surface area contributed by atoms with E-state index in [0.29, 0.717) is 11.4 Å². The van der Waals surface area contributed by atoms with Gasteiger partial charge in [-0.15, -0.1) is 0 Å². The average molecular weight is 500 g/mol. The van der Waals surface area contributed by atoms with Crippen LogP contribution < -0.4 is 14.4 Å². The highest BCUT2D eigenvalue weighted by molar-refractivity contribution is 7.93. The highest BCUT2D eigenvalue weighted by Gasteiger charge is 2.30. The average Bonchev–Trinajstić information content (AvgIpc) is 2.74. The number of amides is 1. The molecule has 10 heteroatoms. The Bertz CT molecular complexity index is 1200. The van der Waals surface area contributed by atoms with Crippen LogP contribution in [0.25, 0.3) is 0 Å². The zero-order valence-electron chi connectivity index (χ0n) is 16.2. The number of carbonyl (C=O) groups excluding carboxylic acids is 1. The monoisotopic (exact) mass is 498 g/mol. The number of benzene rings is 3. The standard InChI is InChI=1S/C21H17Cl3N2O4S/c1-30-16-9-7-15(8-10-16)25-21(27)13-26(19-5-3-2-4-17(19)23)31(28,29)20-12-14(22)6-11-18(20)24/h2-12H,13H2,1H3,(H,25,27). The van der Waals surface area contributed by atoms with E-state index in [2.05, 4.69) is 5.32 Å². The number of hydrogen-bond acceptors (Lipinski definition) is 4. The van der Waals surface area contributed by atoms with Crippen molar-refractivity contribution in [2.75, 3.05) is 23.3 Å². The van der Waals surface area contributed by atoms with Crippen molar-refractivity contribution in [3.05, 3.63) is 81.8 Å². The Hall–Kier alpha value is -2.45. The Kier molecular flexibility index (Phi) is 7.33. The molecule has 0 spiro atoms. The van der Waals surface area contributed by atoms with Crippen LogP contribution in [-0.4, -0.2) is 28.0 Å². The molecule has 0 saturated carbocycles. The van der Waals surface area contributed by atoms with Gasteiger partial charge >= 0.3 is 0 Å². The Labute approximate surface area is 195 Å². The molecule has 0 bridgehead atoms. The summed E-state index contributed by atoms with van der Waals surface area (Å²) in [6, 6.07) is 17.0. The summed E-state index contributed by atoms with van der Waals surface area (Å²) in [6.45, 7) is -0.541. The van der Waals surface area contributed by atoms with Crippen LogP contribution in [0.3, 0.4) is 0 Å². The van der Waals surface area contributed by atoms with Gasteiger partial charge in [0.2, 0.25) is 5.91 Å². The Balaban J connectivity index is 1.98. The van der Waals surface area contributed by atoms with Crippen molar-refractivity contribution in [2.45, 2.75) is 4.90 Å². The number of rotatable bonds is 7. The van der Waals surface area contributed by atoms with E-state index < -0.39 is 22.5 Å². The number of sulfonamides is 1. The zero-order chi connectivity index (χ0) is 22.6. The first-order valence-corrected chi connectivity index (χ1v) is 11.5. The van der Waals surface area contributed by atoms with Gasteiger partial charge in [0, 0.05) is 10.7 Å². The van der Waals surface area contributed by atoms with Crippen molar-refractivity contribution in [1.82, 2.24) is 0 Å². The van der Waals surface area contributed by atoms with Gasteiger partial charge in [0.05, 0.1) is 22.8 Å². The smallest absolute Gasteiger partial charge is 0.266 e. The van der Waals surface area contributed by atoms with Crippen LogP contribution >= 0.6 is 34.8 Å². The first kappa shape index (κ1) is 23.2. The summed E-state index contributed by atoms with van der Waals surface area (Å²) in [5.41, 5.74) is 0.605. The number of hydrogen-bond donors (Lipinski definition) is 1. The second-order valence-electron chi connectivity index (χ2n) is 6.31. The summed E-state index contributed by atoms with van der Waals surface area (Å²) in [5, 5.41) is 2.97. The lowest BCUT2D eigenvalue weighted by Crippen LogP contribution is -2.38. The highest BCUT2D eigenvalue weighted by Crippen LogP contribution is 2.34. The van der Waals surface area contributed by atoms with E-state index in [1.807, 2.05) is 0 Å². The predicted molar refractivity (Wildman–Crippen MR) is 124 cm³/mol. The Morgan fingerprint density at radius 3 is 2.29 bits per heavy atom. The third-order valence-corrected chi connectivity index (χ3v) is 7.04.